The smallest absolute Gasteiger partial charge is 0.251 e. The van der Waals surface area contributed by atoms with E-state index in [0.717, 1.165) is 15.7 Å². The Labute approximate surface area is 184 Å². The first-order chi connectivity index (χ1) is 14.4. The van der Waals surface area contributed by atoms with Crippen molar-refractivity contribution in [3.63, 3.8) is 0 Å². The molecule has 0 radical (unpaired) electrons. The van der Waals surface area contributed by atoms with E-state index in [-0.39, 0.29) is 17.7 Å². The van der Waals surface area contributed by atoms with Crippen molar-refractivity contribution in [2.75, 3.05) is 5.32 Å². The van der Waals surface area contributed by atoms with Crippen LogP contribution in [-0.2, 0) is 10.5 Å². The quantitative estimate of drug-likeness (QED) is 0.397. The molecule has 1 atom stereocenters. The third-order valence-electron chi connectivity index (χ3n) is 4.39. The zero-order valence-electron chi connectivity index (χ0n) is 17.1. The molecule has 0 aliphatic carbocycles. The first-order valence-electron chi connectivity index (χ1n) is 9.61. The van der Waals surface area contributed by atoms with Gasteiger partial charge in [-0.05, 0) is 30.5 Å². The Bertz CT molecular complexity index is 988. The molecule has 3 rings (SSSR count). The maximum Gasteiger partial charge on any atom is 0.251 e. The van der Waals surface area contributed by atoms with Gasteiger partial charge in [0.25, 0.3) is 5.91 Å². The topological polar surface area (TPSA) is 84.0 Å². The van der Waals surface area contributed by atoms with Gasteiger partial charge in [-0.1, -0.05) is 85.0 Å². The molecule has 2 aromatic carbocycles. The van der Waals surface area contributed by atoms with Gasteiger partial charge in [-0.25, -0.2) is 0 Å². The Kier molecular flexibility index (Phi) is 7.59. The third-order valence-corrected chi connectivity index (χ3v) is 6.43. The van der Waals surface area contributed by atoms with Crippen LogP contribution in [0.15, 0.2) is 58.9 Å². The van der Waals surface area contributed by atoms with Gasteiger partial charge in [-0.15, -0.1) is 10.2 Å². The monoisotopic (exact) mass is 440 g/mol. The van der Waals surface area contributed by atoms with Gasteiger partial charge in [0.1, 0.15) is 6.04 Å². The Morgan fingerprint density at radius 3 is 2.40 bits per heavy atom. The Hall–Kier alpha value is -2.71. The normalized spacial score (nSPS) is 11.9. The van der Waals surface area contributed by atoms with E-state index in [1.165, 1.54) is 16.9 Å². The summed E-state index contributed by atoms with van der Waals surface area (Å²) < 4.78 is 0.777. The number of thioether (sulfide) groups is 1. The zero-order chi connectivity index (χ0) is 21.5. The minimum atomic E-state index is -0.678. The summed E-state index contributed by atoms with van der Waals surface area (Å²) in [6.45, 7) is 5.74. The number of aryl methyl sites for hydroxylation is 1. The van der Waals surface area contributed by atoms with Crippen molar-refractivity contribution in [3.05, 3.63) is 71.3 Å². The number of hydrogen-bond acceptors (Lipinski definition) is 6. The molecule has 1 unspecified atom stereocenters. The van der Waals surface area contributed by atoms with Gasteiger partial charge in [-0.3, -0.25) is 14.9 Å². The fraction of sp³-hybridized carbons (Fsp3) is 0.273. The van der Waals surface area contributed by atoms with Crippen LogP contribution in [0.1, 0.15) is 35.3 Å². The molecule has 156 valence electrons. The molecule has 3 aromatic rings. The summed E-state index contributed by atoms with van der Waals surface area (Å²) in [6, 6.07) is 16.7. The van der Waals surface area contributed by atoms with Crippen LogP contribution in [0.4, 0.5) is 5.13 Å². The van der Waals surface area contributed by atoms with Gasteiger partial charge in [0, 0.05) is 11.3 Å². The fourth-order valence-electron chi connectivity index (χ4n) is 2.69. The summed E-state index contributed by atoms with van der Waals surface area (Å²) in [4.78, 5) is 25.3. The number of benzene rings is 2. The van der Waals surface area contributed by atoms with Crippen molar-refractivity contribution in [2.45, 2.75) is 36.9 Å². The highest BCUT2D eigenvalue weighted by atomic mass is 32.2. The number of anilines is 1. The van der Waals surface area contributed by atoms with E-state index in [1.807, 2.05) is 51.1 Å². The molecule has 0 saturated carbocycles. The van der Waals surface area contributed by atoms with E-state index >= 15 is 0 Å². The number of rotatable bonds is 8. The molecule has 6 nitrogen and oxygen atoms in total. The van der Waals surface area contributed by atoms with E-state index in [9.17, 15) is 9.59 Å². The molecule has 0 spiro atoms. The van der Waals surface area contributed by atoms with E-state index < -0.39 is 6.04 Å². The van der Waals surface area contributed by atoms with Gasteiger partial charge in [0.05, 0.1) is 0 Å². The van der Waals surface area contributed by atoms with Gasteiger partial charge in [0.2, 0.25) is 11.0 Å². The van der Waals surface area contributed by atoms with Crippen LogP contribution in [0.5, 0.6) is 0 Å². The summed E-state index contributed by atoms with van der Waals surface area (Å²) in [5, 5.41) is 14.2. The van der Waals surface area contributed by atoms with E-state index in [0.29, 0.717) is 10.7 Å². The molecule has 2 N–H and O–H groups in total. The van der Waals surface area contributed by atoms with Gasteiger partial charge >= 0.3 is 0 Å². The molecule has 2 amide bonds. The summed E-state index contributed by atoms with van der Waals surface area (Å²) in [5.74, 6) is 0.116. The van der Waals surface area contributed by atoms with Crippen LogP contribution in [0.25, 0.3) is 0 Å². The SMILES string of the molecule is Cc1ccc(C(=O)NC(C(=O)Nc2nnc(SCc3ccccc3)s2)C(C)C)cc1. The Morgan fingerprint density at radius 1 is 1.03 bits per heavy atom. The van der Waals surface area contributed by atoms with Crippen molar-refractivity contribution in [2.24, 2.45) is 5.92 Å². The summed E-state index contributed by atoms with van der Waals surface area (Å²) in [7, 11) is 0. The number of nitrogens with one attached hydrogen (secondary N) is 2. The second-order valence-corrected chi connectivity index (χ2v) is 9.40. The van der Waals surface area contributed by atoms with Crippen molar-refractivity contribution in [3.8, 4) is 0 Å². The van der Waals surface area contributed by atoms with E-state index in [4.69, 9.17) is 0 Å². The average Bonchev–Trinajstić information content (AvgIpc) is 3.18. The standard InChI is InChI=1S/C22H24N4O2S2/c1-14(2)18(23-19(27)17-11-9-15(3)10-12-17)20(28)24-21-25-26-22(30-21)29-13-16-7-5-4-6-8-16/h4-12,14,18H,13H2,1-3H3,(H,23,27)(H,24,25,28). The maximum atomic E-state index is 12.8. The second kappa shape index (κ2) is 10.4. The minimum absolute atomic E-state index is 0.0840. The summed E-state index contributed by atoms with van der Waals surface area (Å²) >= 11 is 2.89. The van der Waals surface area contributed by atoms with Gasteiger partial charge in [-0.2, -0.15) is 0 Å². The summed E-state index contributed by atoms with van der Waals surface area (Å²) in [5.41, 5.74) is 2.79. The Balaban J connectivity index is 1.59. The maximum absolute atomic E-state index is 12.8. The molecule has 0 saturated heterocycles. The molecule has 0 fully saturated rings. The molecule has 30 heavy (non-hydrogen) atoms. The largest absolute Gasteiger partial charge is 0.340 e. The molecule has 8 heteroatoms. The first-order valence-corrected chi connectivity index (χ1v) is 11.4. The minimum Gasteiger partial charge on any atom is -0.340 e. The number of amides is 2. The number of aromatic nitrogens is 2. The lowest BCUT2D eigenvalue weighted by Crippen LogP contribution is -2.47. The second-order valence-electron chi connectivity index (χ2n) is 7.20. The number of nitrogens with zero attached hydrogens (tertiary/aromatic N) is 2. The van der Waals surface area contributed by atoms with Crippen molar-refractivity contribution < 1.29 is 9.59 Å². The lowest BCUT2D eigenvalue weighted by molar-refractivity contribution is -0.118. The average molecular weight is 441 g/mol. The molecule has 1 aromatic heterocycles. The third kappa shape index (κ3) is 6.14. The van der Waals surface area contributed by atoms with Crippen LogP contribution in [0, 0.1) is 12.8 Å². The van der Waals surface area contributed by atoms with Crippen LogP contribution in [0.3, 0.4) is 0 Å². The van der Waals surface area contributed by atoms with Crippen LogP contribution < -0.4 is 10.6 Å². The fourth-order valence-corrected chi connectivity index (χ4v) is 4.40. The van der Waals surface area contributed by atoms with Crippen LogP contribution in [0.2, 0.25) is 0 Å². The molecule has 0 bridgehead atoms. The van der Waals surface area contributed by atoms with Gasteiger partial charge < -0.3 is 5.32 Å². The highest BCUT2D eigenvalue weighted by Crippen LogP contribution is 2.28. The van der Waals surface area contributed by atoms with Crippen molar-refractivity contribution in [1.29, 1.82) is 0 Å². The molecule has 1 heterocycles. The highest BCUT2D eigenvalue weighted by Gasteiger charge is 2.25. The van der Waals surface area contributed by atoms with Crippen molar-refractivity contribution >= 4 is 40.0 Å². The predicted molar refractivity (Wildman–Crippen MR) is 122 cm³/mol. The highest BCUT2D eigenvalue weighted by molar-refractivity contribution is 8.00. The lowest BCUT2D eigenvalue weighted by atomic mass is 10.0. The Morgan fingerprint density at radius 2 is 1.73 bits per heavy atom. The van der Waals surface area contributed by atoms with Crippen LogP contribution in [-0.4, -0.2) is 28.1 Å². The number of carbonyl (C=O) groups excluding carboxylic acids is 2. The van der Waals surface area contributed by atoms with E-state index in [2.05, 4.69) is 33.0 Å². The zero-order valence-corrected chi connectivity index (χ0v) is 18.7. The lowest BCUT2D eigenvalue weighted by Gasteiger charge is -2.21. The van der Waals surface area contributed by atoms with E-state index in [1.54, 1.807) is 23.9 Å². The summed E-state index contributed by atoms with van der Waals surface area (Å²) in [6.07, 6.45) is 0. The molecule has 0 aliphatic heterocycles. The first kappa shape index (κ1) is 22.0. The number of carbonyl (C=O) groups is 2. The molecular weight excluding hydrogens is 416 g/mol. The predicted octanol–water partition coefficient (Wildman–Crippen LogP) is 4.53. The molecule has 0 aliphatic rings. The van der Waals surface area contributed by atoms with Gasteiger partial charge in [0.15, 0.2) is 4.34 Å². The number of hydrogen-bond donors (Lipinski definition) is 2. The molecular formula is C22H24N4O2S2. The van der Waals surface area contributed by atoms with Crippen LogP contribution >= 0.6 is 23.1 Å². The van der Waals surface area contributed by atoms with Crippen molar-refractivity contribution in [1.82, 2.24) is 15.5 Å².